The summed E-state index contributed by atoms with van der Waals surface area (Å²) in [5, 5.41) is 57.3. The first-order chi connectivity index (χ1) is 9.99. The SMILES string of the molecule is OCC1OC=CC(O)C1OC1OC(CO)[C@H](O)[C@H](O)[C@@H]1O. The second-order valence-corrected chi connectivity index (χ2v) is 4.97. The van der Waals surface area contributed by atoms with E-state index in [1.807, 2.05) is 0 Å². The van der Waals surface area contributed by atoms with Crippen LogP contribution in [0, 0.1) is 0 Å². The number of ether oxygens (including phenoxy) is 3. The molecule has 122 valence electrons. The Bertz CT molecular complexity index is 361. The van der Waals surface area contributed by atoms with E-state index in [9.17, 15) is 25.5 Å². The van der Waals surface area contributed by atoms with E-state index in [1.165, 1.54) is 12.3 Å². The lowest BCUT2D eigenvalue weighted by molar-refractivity contribution is -0.324. The van der Waals surface area contributed by atoms with Gasteiger partial charge in [-0.1, -0.05) is 0 Å². The van der Waals surface area contributed by atoms with E-state index in [1.54, 1.807) is 0 Å². The zero-order valence-electron chi connectivity index (χ0n) is 11.1. The van der Waals surface area contributed by atoms with Crippen molar-refractivity contribution in [2.45, 2.75) is 49.0 Å². The average Bonchev–Trinajstić information content (AvgIpc) is 2.49. The molecular formula is C12H20O9. The third-order valence-corrected chi connectivity index (χ3v) is 3.55. The molecule has 2 aliphatic rings. The summed E-state index contributed by atoms with van der Waals surface area (Å²) in [6.45, 7) is -1.03. The highest BCUT2D eigenvalue weighted by atomic mass is 16.7. The van der Waals surface area contributed by atoms with Crippen LogP contribution in [0.1, 0.15) is 0 Å². The summed E-state index contributed by atoms with van der Waals surface area (Å²) < 4.78 is 15.6. The van der Waals surface area contributed by atoms with Crippen molar-refractivity contribution in [3.05, 3.63) is 12.3 Å². The Balaban J connectivity index is 2.08. The second kappa shape index (κ2) is 6.99. The van der Waals surface area contributed by atoms with E-state index in [4.69, 9.17) is 19.3 Å². The molecule has 1 saturated heterocycles. The molecule has 0 aliphatic carbocycles. The summed E-state index contributed by atoms with van der Waals surface area (Å²) in [6, 6.07) is 0. The molecule has 21 heavy (non-hydrogen) atoms. The molecule has 9 heteroatoms. The Kier molecular flexibility index (Phi) is 5.52. The molecule has 6 N–H and O–H groups in total. The maximum absolute atomic E-state index is 9.85. The third-order valence-electron chi connectivity index (χ3n) is 3.55. The van der Waals surface area contributed by atoms with Crippen molar-refractivity contribution in [1.29, 1.82) is 0 Å². The fourth-order valence-electron chi connectivity index (χ4n) is 2.28. The summed E-state index contributed by atoms with van der Waals surface area (Å²) in [5.41, 5.74) is 0. The maximum Gasteiger partial charge on any atom is 0.187 e. The Labute approximate surface area is 120 Å². The third kappa shape index (κ3) is 3.35. The maximum atomic E-state index is 9.85. The molecule has 2 rings (SSSR count). The van der Waals surface area contributed by atoms with Crippen LogP contribution in [0.25, 0.3) is 0 Å². The van der Waals surface area contributed by atoms with Crippen molar-refractivity contribution in [2.75, 3.05) is 13.2 Å². The number of aliphatic hydroxyl groups is 6. The van der Waals surface area contributed by atoms with Crippen LogP contribution in [-0.4, -0.2) is 92.9 Å². The predicted octanol–water partition coefficient (Wildman–Crippen LogP) is -3.56. The van der Waals surface area contributed by atoms with Gasteiger partial charge in [-0.15, -0.1) is 0 Å². The van der Waals surface area contributed by atoms with Gasteiger partial charge in [-0.3, -0.25) is 0 Å². The molecule has 0 aromatic rings. The predicted molar refractivity (Wildman–Crippen MR) is 65.7 cm³/mol. The number of hydrogen-bond acceptors (Lipinski definition) is 9. The molecule has 0 aromatic carbocycles. The van der Waals surface area contributed by atoms with Gasteiger partial charge in [0.15, 0.2) is 6.29 Å². The van der Waals surface area contributed by atoms with Gasteiger partial charge in [0.05, 0.1) is 19.5 Å². The number of rotatable bonds is 4. The standard InChI is InChI=1S/C12H20O9/c13-3-6-8(16)9(17)10(18)12(20-6)21-11-5(15)1-2-19-7(11)4-14/h1-2,5-18H,3-4H2/t5?,6?,7?,8-,9-,10-,11?,12?/m0/s1. The molecule has 0 radical (unpaired) electrons. The zero-order chi connectivity index (χ0) is 15.6. The van der Waals surface area contributed by atoms with Crippen LogP contribution in [0.3, 0.4) is 0 Å². The minimum absolute atomic E-state index is 0.441. The largest absolute Gasteiger partial charge is 0.493 e. The summed E-state index contributed by atoms with van der Waals surface area (Å²) in [7, 11) is 0. The Hall–Kier alpha value is -0.780. The summed E-state index contributed by atoms with van der Waals surface area (Å²) in [5.74, 6) is 0. The Morgan fingerprint density at radius 3 is 2.19 bits per heavy atom. The molecule has 9 nitrogen and oxygen atoms in total. The van der Waals surface area contributed by atoms with E-state index in [-0.39, 0.29) is 0 Å². The first-order valence-electron chi connectivity index (χ1n) is 6.56. The number of hydrogen-bond donors (Lipinski definition) is 6. The highest BCUT2D eigenvalue weighted by Gasteiger charge is 2.46. The summed E-state index contributed by atoms with van der Waals surface area (Å²) >= 11 is 0. The van der Waals surface area contributed by atoms with Crippen molar-refractivity contribution < 1.29 is 44.8 Å². The molecule has 2 aliphatic heterocycles. The van der Waals surface area contributed by atoms with E-state index in [0.717, 1.165) is 0 Å². The van der Waals surface area contributed by atoms with Crippen LogP contribution < -0.4 is 0 Å². The molecule has 0 amide bonds. The summed E-state index contributed by atoms with van der Waals surface area (Å²) in [4.78, 5) is 0. The monoisotopic (exact) mass is 308 g/mol. The van der Waals surface area contributed by atoms with Crippen molar-refractivity contribution in [2.24, 2.45) is 0 Å². The lowest BCUT2D eigenvalue weighted by Crippen LogP contribution is -2.61. The van der Waals surface area contributed by atoms with Crippen molar-refractivity contribution in [3.8, 4) is 0 Å². The van der Waals surface area contributed by atoms with E-state index in [2.05, 4.69) is 0 Å². The van der Waals surface area contributed by atoms with Crippen LogP contribution in [0.5, 0.6) is 0 Å². The smallest absolute Gasteiger partial charge is 0.187 e. The summed E-state index contributed by atoms with van der Waals surface area (Å²) in [6.07, 6.45) is -7.68. The van der Waals surface area contributed by atoms with Gasteiger partial charge in [-0.05, 0) is 6.08 Å². The van der Waals surface area contributed by atoms with Crippen molar-refractivity contribution in [1.82, 2.24) is 0 Å². The molecule has 8 atom stereocenters. The Morgan fingerprint density at radius 1 is 0.905 bits per heavy atom. The molecular weight excluding hydrogens is 288 g/mol. The van der Waals surface area contributed by atoms with Crippen molar-refractivity contribution >= 4 is 0 Å². The first-order valence-corrected chi connectivity index (χ1v) is 6.56. The lowest BCUT2D eigenvalue weighted by Gasteiger charge is -2.42. The van der Waals surface area contributed by atoms with Crippen molar-refractivity contribution in [3.63, 3.8) is 0 Å². The molecule has 0 aromatic heterocycles. The topological polar surface area (TPSA) is 149 Å². The van der Waals surface area contributed by atoms with Gasteiger partial charge in [0.1, 0.15) is 42.7 Å². The van der Waals surface area contributed by atoms with E-state index >= 15 is 0 Å². The van der Waals surface area contributed by atoms with Crippen LogP contribution >= 0.6 is 0 Å². The zero-order valence-corrected chi connectivity index (χ0v) is 11.1. The number of aliphatic hydroxyl groups excluding tert-OH is 6. The minimum Gasteiger partial charge on any atom is -0.493 e. The fraction of sp³-hybridized carbons (Fsp3) is 0.833. The average molecular weight is 308 g/mol. The molecule has 1 fully saturated rings. The Morgan fingerprint density at radius 2 is 1.57 bits per heavy atom. The molecule has 5 unspecified atom stereocenters. The lowest BCUT2D eigenvalue weighted by atomic mass is 9.99. The molecule has 2 heterocycles. The first kappa shape index (κ1) is 16.6. The van der Waals surface area contributed by atoms with Gasteiger partial charge < -0.3 is 44.8 Å². The highest BCUT2D eigenvalue weighted by Crippen LogP contribution is 2.26. The van der Waals surface area contributed by atoms with Crippen LogP contribution in [0.15, 0.2) is 12.3 Å². The van der Waals surface area contributed by atoms with Gasteiger partial charge in [0.25, 0.3) is 0 Å². The van der Waals surface area contributed by atoms with Crippen LogP contribution in [-0.2, 0) is 14.2 Å². The van der Waals surface area contributed by atoms with Gasteiger partial charge in [-0.2, -0.15) is 0 Å². The molecule has 0 saturated carbocycles. The molecule has 0 bridgehead atoms. The van der Waals surface area contributed by atoms with Gasteiger partial charge >= 0.3 is 0 Å². The van der Waals surface area contributed by atoms with Gasteiger partial charge in [-0.25, -0.2) is 0 Å². The normalized spacial score (nSPS) is 47.1. The highest BCUT2D eigenvalue weighted by molar-refractivity contribution is 4.99. The fourth-order valence-corrected chi connectivity index (χ4v) is 2.28. The van der Waals surface area contributed by atoms with E-state index in [0.29, 0.717) is 0 Å². The van der Waals surface area contributed by atoms with Crippen LogP contribution in [0.4, 0.5) is 0 Å². The quantitative estimate of drug-likeness (QED) is 0.310. The van der Waals surface area contributed by atoms with Gasteiger partial charge in [0.2, 0.25) is 0 Å². The van der Waals surface area contributed by atoms with Gasteiger partial charge in [0, 0.05) is 0 Å². The molecule has 0 spiro atoms. The second-order valence-electron chi connectivity index (χ2n) is 4.97. The van der Waals surface area contributed by atoms with E-state index < -0.39 is 62.2 Å². The minimum atomic E-state index is -1.58. The van der Waals surface area contributed by atoms with Crippen LogP contribution in [0.2, 0.25) is 0 Å².